The Morgan fingerprint density at radius 1 is 1.05 bits per heavy atom. The number of hydrogen-bond acceptors (Lipinski definition) is 0. The summed E-state index contributed by atoms with van der Waals surface area (Å²) in [6.45, 7) is 2.75. The summed E-state index contributed by atoms with van der Waals surface area (Å²) in [7, 11) is 0. The standard InChI is InChI=1S/C18H17FN2/c19-16-7-3-1-5-13(16)11-21-10-9-15-14-6-2-4-8-17(14)20-18(15)12-21/h1-8,20H,9-12H2/p+1. The van der Waals surface area contributed by atoms with E-state index in [1.165, 1.54) is 27.1 Å². The van der Waals surface area contributed by atoms with E-state index in [1.54, 1.807) is 12.1 Å². The van der Waals surface area contributed by atoms with Gasteiger partial charge in [-0.2, -0.15) is 0 Å². The van der Waals surface area contributed by atoms with Crippen LogP contribution in [-0.2, 0) is 19.5 Å². The van der Waals surface area contributed by atoms with Gasteiger partial charge >= 0.3 is 0 Å². The quantitative estimate of drug-likeness (QED) is 0.720. The van der Waals surface area contributed by atoms with E-state index in [1.807, 2.05) is 12.1 Å². The van der Waals surface area contributed by atoms with Crippen molar-refractivity contribution in [3.05, 3.63) is 71.2 Å². The number of aromatic nitrogens is 1. The fourth-order valence-corrected chi connectivity index (χ4v) is 3.39. The Balaban J connectivity index is 1.61. The molecule has 1 aromatic heterocycles. The predicted molar refractivity (Wildman–Crippen MR) is 81.6 cm³/mol. The first-order valence-electron chi connectivity index (χ1n) is 7.47. The zero-order valence-corrected chi connectivity index (χ0v) is 11.8. The van der Waals surface area contributed by atoms with Gasteiger partial charge in [-0.3, -0.25) is 0 Å². The molecule has 21 heavy (non-hydrogen) atoms. The maximum atomic E-state index is 13.8. The summed E-state index contributed by atoms with van der Waals surface area (Å²) in [6, 6.07) is 15.6. The van der Waals surface area contributed by atoms with Crippen LogP contribution in [0, 0.1) is 5.82 Å². The average Bonchev–Trinajstić information content (AvgIpc) is 2.87. The molecule has 3 aromatic rings. The molecule has 0 spiro atoms. The molecule has 2 aromatic carbocycles. The summed E-state index contributed by atoms with van der Waals surface area (Å²) < 4.78 is 13.8. The molecule has 0 fully saturated rings. The molecular formula is C18H18FN2+. The summed E-state index contributed by atoms with van der Waals surface area (Å²) in [6.07, 6.45) is 1.06. The molecule has 1 unspecified atom stereocenters. The zero-order chi connectivity index (χ0) is 14.2. The maximum absolute atomic E-state index is 13.8. The molecule has 0 bridgehead atoms. The highest BCUT2D eigenvalue weighted by Gasteiger charge is 2.23. The molecular weight excluding hydrogens is 263 g/mol. The van der Waals surface area contributed by atoms with Crippen molar-refractivity contribution in [1.29, 1.82) is 0 Å². The third-order valence-corrected chi connectivity index (χ3v) is 4.46. The van der Waals surface area contributed by atoms with Crippen molar-refractivity contribution in [3.8, 4) is 0 Å². The van der Waals surface area contributed by atoms with Crippen molar-refractivity contribution in [2.24, 2.45) is 0 Å². The Morgan fingerprint density at radius 2 is 1.86 bits per heavy atom. The minimum absolute atomic E-state index is 0.0903. The van der Waals surface area contributed by atoms with E-state index >= 15 is 0 Å². The van der Waals surface area contributed by atoms with Crippen LogP contribution in [0.5, 0.6) is 0 Å². The van der Waals surface area contributed by atoms with Gasteiger partial charge in [0.2, 0.25) is 0 Å². The van der Waals surface area contributed by atoms with Crippen LogP contribution in [0.1, 0.15) is 16.8 Å². The van der Waals surface area contributed by atoms with Gasteiger partial charge < -0.3 is 9.88 Å². The lowest BCUT2D eigenvalue weighted by molar-refractivity contribution is -0.929. The van der Waals surface area contributed by atoms with Crippen LogP contribution in [0.2, 0.25) is 0 Å². The van der Waals surface area contributed by atoms with Crippen LogP contribution < -0.4 is 4.90 Å². The normalized spacial score (nSPS) is 17.9. The minimum Gasteiger partial charge on any atom is -0.354 e. The van der Waals surface area contributed by atoms with Gasteiger partial charge in [0.05, 0.1) is 12.2 Å². The second-order valence-electron chi connectivity index (χ2n) is 5.82. The molecule has 1 aliphatic heterocycles. The maximum Gasteiger partial charge on any atom is 0.132 e. The van der Waals surface area contributed by atoms with Gasteiger partial charge in [-0.1, -0.05) is 36.4 Å². The second-order valence-corrected chi connectivity index (χ2v) is 5.82. The Bertz CT molecular complexity index is 791. The number of H-pyrrole nitrogens is 1. The molecule has 0 saturated heterocycles. The molecule has 0 radical (unpaired) electrons. The lowest BCUT2D eigenvalue weighted by Gasteiger charge is -2.24. The Kier molecular flexibility index (Phi) is 3.00. The van der Waals surface area contributed by atoms with Crippen LogP contribution in [0.15, 0.2) is 48.5 Å². The Hall–Kier alpha value is -2.13. The first kappa shape index (κ1) is 12.6. The molecule has 106 valence electrons. The highest BCUT2D eigenvalue weighted by molar-refractivity contribution is 5.84. The SMILES string of the molecule is Fc1ccccc1C[NH+]1CCc2c([nH]c3ccccc23)C1. The molecule has 2 heterocycles. The molecule has 4 rings (SSSR count). The summed E-state index contributed by atoms with van der Waals surface area (Å²) in [5, 5.41) is 1.34. The summed E-state index contributed by atoms with van der Waals surface area (Å²) in [4.78, 5) is 4.95. The lowest BCUT2D eigenvalue weighted by atomic mass is 10.0. The molecule has 0 saturated carbocycles. The van der Waals surface area contributed by atoms with Crippen LogP contribution in [0.4, 0.5) is 4.39 Å². The highest BCUT2D eigenvalue weighted by atomic mass is 19.1. The van der Waals surface area contributed by atoms with Crippen LogP contribution in [0.3, 0.4) is 0 Å². The van der Waals surface area contributed by atoms with Crippen molar-refractivity contribution in [2.45, 2.75) is 19.5 Å². The van der Waals surface area contributed by atoms with Crippen molar-refractivity contribution < 1.29 is 9.29 Å². The van der Waals surface area contributed by atoms with Crippen LogP contribution in [0.25, 0.3) is 10.9 Å². The molecule has 1 aliphatic rings. The smallest absolute Gasteiger partial charge is 0.132 e. The summed E-state index contributed by atoms with van der Waals surface area (Å²) in [5.41, 5.74) is 4.79. The van der Waals surface area contributed by atoms with Gasteiger partial charge in [-0.25, -0.2) is 4.39 Å². The third-order valence-electron chi connectivity index (χ3n) is 4.46. The van der Waals surface area contributed by atoms with Crippen LogP contribution in [-0.4, -0.2) is 11.5 Å². The van der Waals surface area contributed by atoms with Gasteiger partial charge in [0, 0.05) is 22.9 Å². The largest absolute Gasteiger partial charge is 0.354 e. The number of para-hydroxylation sites is 1. The van der Waals surface area contributed by atoms with E-state index in [0.29, 0.717) is 0 Å². The van der Waals surface area contributed by atoms with Gasteiger partial charge in [0.1, 0.15) is 18.9 Å². The first-order valence-corrected chi connectivity index (χ1v) is 7.47. The van der Waals surface area contributed by atoms with E-state index in [2.05, 4.69) is 29.2 Å². The highest BCUT2D eigenvalue weighted by Crippen LogP contribution is 2.23. The second kappa shape index (κ2) is 5.01. The molecule has 2 nitrogen and oxygen atoms in total. The number of fused-ring (bicyclic) bond motifs is 3. The number of hydrogen-bond donors (Lipinski definition) is 2. The van der Waals surface area contributed by atoms with Crippen LogP contribution >= 0.6 is 0 Å². The number of rotatable bonds is 2. The molecule has 0 amide bonds. The number of aromatic amines is 1. The number of nitrogens with one attached hydrogen (secondary N) is 2. The van der Waals surface area contributed by atoms with E-state index in [9.17, 15) is 4.39 Å². The topological polar surface area (TPSA) is 20.2 Å². The number of halogens is 1. The number of quaternary nitrogens is 1. The average molecular weight is 281 g/mol. The fraction of sp³-hybridized carbons (Fsp3) is 0.222. The number of benzene rings is 2. The van der Waals surface area contributed by atoms with Gasteiger partial charge in [-0.05, 0) is 17.7 Å². The van der Waals surface area contributed by atoms with E-state index < -0.39 is 0 Å². The molecule has 1 atom stereocenters. The molecule has 0 aliphatic carbocycles. The third kappa shape index (κ3) is 2.24. The zero-order valence-electron chi connectivity index (χ0n) is 11.8. The summed E-state index contributed by atoms with van der Waals surface area (Å²) in [5.74, 6) is -0.0903. The molecule has 3 heteroatoms. The Labute approximate surface area is 123 Å². The minimum atomic E-state index is -0.0903. The van der Waals surface area contributed by atoms with E-state index in [0.717, 1.165) is 31.6 Å². The lowest BCUT2D eigenvalue weighted by Crippen LogP contribution is -3.10. The Morgan fingerprint density at radius 3 is 2.76 bits per heavy atom. The van der Waals surface area contributed by atoms with Crippen molar-refractivity contribution in [2.75, 3.05) is 6.54 Å². The van der Waals surface area contributed by atoms with Gasteiger partial charge in [-0.15, -0.1) is 0 Å². The predicted octanol–water partition coefficient (Wildman–Crippen LogP) is 2.45. The van der Waals surface area contributed by atoms with Gasteiger partial charge in [0.15, 0.2) is 0 Å². The van der Waals surface area contributed by atoms with Gasteiger partial charge in [0.25, 0.3) is 0 Å². The monoisotopic (exact) mass is 281 g/mol. The van der Waals surface area contributed by atoms with Crippen molar-refractivity contribution >= 4 is 10.9 Å². The first-order chi connectivity index (χ1) is 10.3. The molecule has 2 N–H and O–H groups in total. The van der Waals surface area contributed by atoms with E-state index in [4.69, 9.17) is 0 Å². The van der Waals surface area contributed by atoms with E-state index in [-0.39, 0.29) is 5.82 Å². The van der Waals surface area contributed by atoms with Crippen molar-refractivity contribution in [1.82, 2.24) is 4.98 Å². The van der Waals surface area contributed by atoms with Crippen molar-refractivity contribution in [3.63, 3.8) is 0 Å². The summed E-state index contributed by atoms with van der Waals surface area (Å²) >= 11 is 0. The fourth-order valence-electron chi connectivity index (χ4n) is 3.39.